The quantitative estimate of drug-likeness (QED) is 0.208. The average molecular weight is 631 g/mol. The maximum atomic E-state index is 16.9. The van der Waals surface area contributed by atoms with Crippen LogP contribution < -0.4 is 18.4 Å². The third-order valence-electron chi connectivity index (χ3n) is 8.80. The van der Waals surface area contributed by atoms with E-state index in [0.29, 0.717) is 31.7 Å². The average Bonchev–Trinajstić information content (AvgIpc) is 3.62. The van der Waals surface area contributed by atoms with Gasteiger partial charge in [-0.15, -0.1) is 0 Å². The van der Waals surface area contributed by atoms with Gasteiger partial charge in [-0.05, 0) is 0 Å². The van der Waals surface area contributed by atoms with E-state index in [4.69, 9.17) is 0 Å². The van der Waals surface area contributed by atoms with Crippen molar-refractivity contribution in [3.63, 3.8) is 0 Å². The van der Waals surface area contributed by atoms with Gasteiger partial charge >= 0.3 is 255 Å². The second-order valence-corrected chi connectivity index (χ2v) is 17.2. The summed E-state index contributed by atoms with van der Waals surface area (Å²) in [6, 6.07) is 4.43. The first-order valence-electron chi connectivity index (χ1n) is 14.7. The van der Waals surface area contributed by atoms with Crippen molar-refractivity contribution in [2.24, 2.45) is 11.8 Å². The monoisotopic (exact) mass is 630 g/mol. The Morgan fingerprint density at radius 1 is 0.721 bits per heavy atom. The van der Waals surface area contributed by atoms with Crippen molar-refractivity contribution in [3.8, 4) is 0 Å². The fraction of sp³-hybridized carbons (Fsp3) is 0.353. The third-order valence-corrected chi connectivity index (χ3v) is 17.3. The normalized spacial score (nSPS) is 16.2. The molecule has 0 spiro atoms. The van der Waals surface area contributed by atoms with Crippen LogP contribution in [0.5, 0.6) is 0 Å². The van der Waals surface area contributed by atoms with E-state index in [1.165, 1.54) is 0 Å². The molecule has 228 valence electrons. The molecule has 0 saturated carbocycles. The third kappa shape index (κ3) is 5.84. The number of nitrogens with one attached hydrogen (secondary N) is 2. The summed E-state index contributed by atoms with van der Waals surface area (Å²) in [5.74, 6) is -5.72. The van der Waals surface area contributed by atoms with Crippen molar-refractivity contribution in [1.29, 1.82) is 0 Å². The number of rotatable bonds is 10. The molecule has 2 amide bonds. The minimum atomic E-state index is -5.20. The van der Waals surface area contributed by atoms with Crippen LogP contribution in [0.25, 0.3) is 0 Å². The van der Waals surface area contributed by atoms with Crippen LogP contribution in [0.1, 0.15) is 67.2 Å². The molecule has 2 aliphatic rings. The predicted octanol–water partition coefficient (Wildman–Crippen LogP) is 7.78. The van der Waals surface area contributed by atoms with Gasteiger partial charge in [0.1, 0.15) is 0 Å². The van der Waals surface area contributed by atoms with Gasteiger partial charge in [0.25, 0.3) is 0 Å². The number of hydrogen-bond donors (Lipinski definition) is 2. The van der Waals surface area contributed by atoms with Crippen LogP contribution in [-0.2, 0) is 26.2 Å². The Balaban J connectivity index is 2.14. The minimum absolute atomic E-state index is 0.243. The van der Waals surface area contributed by atoms with Crippen LogP contribution >= 0.6 is 0 Å². The van der Waals surface area contributed by atoms with E-state index in [2.05, 4.69) is 10.6 Å². The van der Waals surface area contributed by atoms with Crippen molar-refractivity contribution in [2.75, 3.05) is 10.6 Å². The van der Waals surface area contributed by atoms with E-state index in [-0.39, 0.29) is 24.2 Å². The summed E-state index contributed by atoms with van der Waals surface area (Å²) in [6.07, 6.45) is 8.80. The van der Waals surface area contributed by atoms with Gasteiger partial charge in [0.15, 0.2) is 0 Å². The van der Waals surface area contributed by atoms with Gasteiger partial charge in [-0.3, -0.25) is 0 Å². The van der Waals surface area contributed by atoms with Crippen LogP contribution in [-0.4, -0.2) is 11.8 Å². The van der Waals surface area contributed by atoms with Crippen LogP contribution in [0.3, 0.4) is 0 Å². The standard InChI is InChI=1S/2C11H12F2NO.2C6H7.Ti/c2*1-3-7(2)11(15)14-10-5-4-8(12)6-9(10)13;2*1-6-4-2-3-5-6;/h2*4-5,7H,3H2,1-2H3,(H,14,15);2*2,4H,3H2,1H3;. The second kappa shape index (κ2) is 13.2. The molecule has 4 nitrogen and oxygen atoms in total. The molecule has 2 aromatic carbocycles. The Bertz CT molecular complexity index is 1470. The molecular formula is C34H38F4N2O2Ti. The molecule has 0 radical (unpaired) electrons. The molecule has 0 aromatic heterocycles. The molecule has 9 heteroatoms. The zero-order valence-corrected chi connectivity index (χ0v) is 27.0. The molecule has 2 unspecified atom stereocenters. The SMILES string of the molecule is CCC(C)C(=O)Nc1ccc(F)[c]([Ti]([C]2=C(C)C=CC2)([C]2=C(C)C=CC2)[c]2c(F)ccc(NC(=O)C(C)CC)c2F)c1F. The summed E-state index contributed by atoms with van der Waals surface area (Å²) in [5.41, 5.74) is 0.889. The summed E-state index contributed by atoms with van der Waals surface area (Å²) < 4.78 is 66.9. The van der Waals surface area contributed by atoms with Gasteiger partial charge in [-0.1, -0.05) is 0 Å². The van der Waals surface area contributed by atoms with Gasteiger partial charge in [0.2, 0.25) is 0 Å². The Labute approximate surface area is 254 Å². The first kappa shape index (κ1) is 32.7. The number of benzene rings is 2. The number of carbonyl (C=O) groups excluding carboxylic acids is 2. The Kier molecular flexibility index (Phi) is 10.0. The molecule has 2 atom stereocenters. The van der Waals surface area contributed by atoms with E-state index in [9.17, 15) is 9.59 Å². The number of anilines is 2. The maximum absolute atomic E-state index is 16.9. The van der Waals surface area contributed by atoms with Crippen molar-refractivity contribution in [2.45, 2.75) is 67.2 Å². The summed E-state index contributed by atoms with van der Waals surface area (Å²) in [4.78, 5) is 25.6. The van der Waals surface area contributed by atoms with Gasteiger partial charge in [-0.2, -0.15) is 0 Å². The molecule has 0 heterocycles. The zero-order valence-electron chi connectivity index (χ0n) is 25.4. The van der Waals surface area contributed by atoms with Crippen molar-refractivity contribution < 1.29 is 43.7 Å². The summed E-state index contributed by atoms with van der Waals surface area (Å²) in [5, 5.41) is 5.17. The van der Waals surface area contributed by atoms with E-state index in [1.807, 2.05) is 38.2 Å². The van der Waals surface area contributed by atoms with Crippen molar-refractivity contribution in [3.05, 3.63) is 90.7 Å². The molecule has 0 saturated heterocycles. The molecule has 4 rings (SSSR count). The van der Waals surface area contributed by atoms with Gasteiger partial charge < -0.3 is 0 Å². The first-order valence-corrected chi connectivity index (χ1v) is 17.8. The Morgan fingerprint density at radius 2 is 1.09 bits per heavy atom. The second-order valence-electron chi connectivity index (χ2n) is 11.5. The summed E-state index contributed by atoms with van der Waals surface area (Å²) >= 11 is -5.20. The number of halogens is 4. The van der Waals surface area contributed by atoms with E-state index < -0.39 is 71.2 Å². The van der Waals surface area contributed by atoms with Crippen molar-refractivity contribution >= 4 is 30.9 Å². The van der Waals surface area contributed by atoms with Gasteiger partial charge in [0.05, 0.1) is 0 Å². The molecular weight excluding hydrogens is 592 g/mol. The topological polar surface area (TPSA) is 58.2 Å². The number of amides is 2. The molecule has 0 aliphatic heterocycles. The first-order chi connectivity index (χ1) is 20.4. The Hall–Kier alpha value is -3.23. The molecule has 0 bridgehead atoms. The van der Waals surface area contributed by atoms with Crippen LogP contribution in [0.2, 0.25) is 0 Å². The van der Waals surface area contributed by atoms with Crippen LogP contribution in [0.15, 0.2) is 67.5 Å². The predicted molar refractivity (Wildman–Crippen MR) is 161 cm³/mol. The van der Waals surface area contributed by atoms with Crippen molar-refractivity contribution in [1.82, 2.24) is 0 Å². The summed E-state index contributed by atoms with van der Waals surface area (Å²) in [7, 11) is 0. The Morgan fingerprint density at radius 3 is 1.40 bits per heavy atom. The van der Waals surface area contributed by atoms with Crippen LogP contribution in [0, 0.1) is 35.1 Å². The number of hydrogen-bond acceptors (Lipinski definition) is 2. The fourth-order valence-electron chi connectivity index (χ4n) is 5.91. The van der Waals surface area contributed by atoms with E-state index in [1.54, 1.807) is 27.7 Å². The summed E-state index contributed by atoms with van der Waals surface area (Å²) in [6.45, 7) is 10.6. The van der Waals surface area contributed by atoms with Gasteiger partial charge in [-0.25, -0.2) is 0 Å². The molecule has 2 aromatic rings. The molecule has 0 fully saturated rings. The molecule has 2 N–H and O–H groups in total. The van der Waals surface area contributed by atoms with Gasteiger partial charge in [0, 0.05) is 0 Å². The number of carbonyl (C=O) groups is 2. The number of allylic oxidation sites excluding steroid dienone is 8. The van der Waals surface area contributed by atoms with Crippen LogP contribution in [0.4, 0.5) is 28.9 Å². The fourth-order valence-corrected chi connectivity index (χ4v) is 15.0. The molecule has 43 heavy (non-hydrogen) atoms. The van der Waals surface area contributed by atoms with E-state index in [0.717, 1.165) is 24.3 Å². The molecule has 2 aliphatic carbocycles. The van der Waals surface area contributed by atoms with E-state index >= 15 is 17.6 Å². The zero-order chi connectivity index (χ0) is 31.6.